The molecule has 1 aromatic rings. The fourth-order valence-electron chi connectivity index (χ4n) is 1.82. The van der Waals surface area contributed by atoms with Crippen LogP contribution in [0.4, 0.5) is 0 Å². The summed E-state index contributed by atoms with van der Waals surface area (Å²) in [5, 5.41) is 9.14. The molecule has 20 heavy (non-hydrogen) atoms. The lowest BCUT2D eigenvalue weighted by Crippen LogP contribution is -2.21. The van der Waals surface area contributed by atoms with Gasteiger partial charge < -0.3 is 19.3 Å². The fraction of sp³-hybridized carbons (Fsp3) is 0.429. The summed E-state index contributed by atoms with van der Waals surface area (Å²) in [5.74, 6) is -1.33. The second-order valence-corrected chi connectivity index (χ2v) is 4.21. The first-order valence-corrected chi connectivity index (χ1v) is 6.02. The highest BCUT2D eigenvalue weighted by atomic mass is 16.5. The molecule has 1 aromatic carbocycles. The van der Waals surface area contributed by atoms with Crippen LogP contribution in [-0.2, 0) is 20.7 Å². The Morgan fingerprint density at radius 3 is 2.30 bits per heavy atom. The summed E-state index contributed by atoms with van der Waals surface area (Å²) in [4.78, 5) is 22.4. The first-order valence-electron chi connectivity index (χ1n) is 6.02. The predicted molar refractivity (Wildman–Crippen MR) is 71.0 cm³/mol. The number of hydrogen-bond acceptors (Lipinski definition) is 5. The van der Waals surface area contributed by atoms with Crippen LogP contribution in [0.3, 0.4) is 0 Å². The Labute approximate surface area is 117 Å². The van der Waals surface area contributed by atoms with E-state index in [1.807, 2.05) is 0 Å². The molecule has 1 atom stereocenters. The van der Waals surface area contributed by atoms with E-state index in [4.69, 9.17) is 14.6 Å². The van der Waals surface area contributed by atoms with Crippen molar-refractivity contribution in [3.8, 4) is 11.5 Å². The molecule has 1 N–H and O–H groups in total. The van der Waals surface area contributed by atoms with Gasteiger partial charge in [-0.3, -0.25) is 9.59 Å². The lowest BCUT2D eigenvalue weighted by molar-refractivity contribution is -0.149. The van der Waals surface area contributed by atoms with Gasteiger partial charge in [0.2, 0.25) is 0 Å². The standard InChI is InChI=1S/C14H18O6/c1-18-11-5-4-9(7-12(11)19-2)6-10(14(16)17)8-13(15)20-3/h4-5,7,10H,6,8H2,1-3H3,(H,16,17)/t10-/m0/s1. The summed E-state index contributed by atoms with van der Waals surface area (Å²) >= 11 is 0. The molecule has 0 aliphatic rings. The maximum Gasteiger partial charge on any atom is 0.307 e. The zero-order chi connectivity index (χ0) is 15.1. The summed E-state index contributed by atoms with van der Waals surface area (Å²) in [6, 6.07) is 5.14. The van der Waals surface area contributed by atoms with E-state index < -0.39 is 17.9 Å². The number of benzene rings is 1. The summed E-state index contributed by atoms with van der Waals surface area (Å²) in [6.45, 7) is 0. The number of methoxy groups -OCH3 is 3. The third-order valence-corrected chi connectivity index (χ3v) is 2.92. The smallest absolute Gasteiger partial charge is 0.307 e. The lowest BCUT2D eigenvalue weighted by Gasteiger charge is -2.13. The molecule has 0 aromatic heterocycles. The summed E-state index contributed by atoms with van der Waals surface area (Å²) in [7, 11) is 4.26. The highest BCUT2D eigenvalue weighted by Crippen LogP contribution is 2.28. The molecule has 6 nitrogen and oxygen atoms in total. The quantitative estimate of drug-likeness (QED) is 0.763. The van der Waals surface area contributed by atoms with Gasteiger partial charge in [0.05, 0.1) is 33.7 Å². The van der Waals surface area contributed by atoms with Gasteiger partial charge in [-0.15, -0.1) is 0 Å². The number of carbonyl (C=O) groups is 2. The molecule has 110 valence electrons. The third kappa shape index (κ3) is 4.15. The maximum atomic E-state index is 11.2. The van der Waals surface area contributed by atoms with Crippen LogP contribution < -0.4 is 9.47 Å². The number of carbonyl (C=O) groups excluding carboxylic acids is 1. The summed E-state index contributed by atoms with van der Waals surface area (Å²) in [6.07, 6.45) is 0.0466. The van der Waals surface area contributed by atoms with E-state index in [-0.39, 0.29) is 12.8 Å². The van der Waals surface area contributed by atoms with Crippen molar-refractivity contribution in [3.63, 3.8) is 0 Å². The average Bonchev–Trinajstić information content (AvgIpc) is 2.45. The Kier molecular flexibility index (Phi) is 5.83. The van der Waals surface area contributed by atoms with Crippen molar-refractivity contribution < 1.29 is 28.9 Å². The highest BCUT2D eigenvalue weighted by Gasteiger charge is 2.22. The van der Waals surface area contributed by atoms with Gasteiger partial charge in [-0.2, -0.15) is 0 Å². The minimum Gasteiger partial charge on any atom is -0.493 e. The Balaban J connectivity index is 2.88. The first kappa shape index (κ1) is 15.8. The van der Waals surface area contributed by atoms with Crippen molar-refractivity contribution in [3.05, 3.63) is 23.8 Å². The largest absolute Gasteiger partial charge is 0.493 e. The van der Waals surface area contributed by atoms with E-state index in [2.05, 4.69) is 4.74 Å². The summed E-state index contributed by atoms with van der Waals surface area (Å²) in [5.41, 5.74) is 0.749. The molecule has 0 aliphatic heterocycles. The molecule has 0 fully saturated rings. The first-order chi connectivity index (χ1) is 9.51. The van der Waals surface area contributed by atoms with Crippen LogP contribution in [0, 0.1) is 5.92 Å². The Morgan fingerprint density at radius 1 is 1.15 bits per heavy atom. The molecule has 0 saturated carbocycles. The molecular weight excluding hydrogens is 264 g/mol. The Morgan fingerprint density at radius 2 is 1.80 bits per heavy atom. The summed E-state index contributed by atoms with van der Waals surface area (Å²) < 4.78 is 14.8. The van der Waals surface area contributed by atoms with E-state index in [0.717, 1.165) is 5.56 Å². The molecule has 0 unspecified atom stereocenters. The minimum absolute atomic E-state index is 0.166. The van der Waals surface area contributed by atoms with E-state index in [0.29, 0.717) is 11.5 Å². The van der Waals surface area contributed by atoms with E-state index in [9.17, 15) is 9.59 Å². The van der Waals surface area contributed by atoms with Crippen LogP contribution in [0.1, 0.15) is 12.0 Å². The van der Waals surface area contributed by atoms with Crippen LogP contribution >= 0.6 is 0 Å². The Hall–Kier alpha value is -2.24. The second kappa shape index (κ2) is 7.37. The SMILES string of the molecule is COC(=O)C[C@H](Cc1ccc(OC)c(OC)c1)C(=O)O. The van der Waals surface area contributed by atoms with E-state index in [1.165, 1.54) is 21.3 Å². The second-order valence-electron chi connectivity index (χ2n) is 4.21. The van der Waals surface area contributed by atoms with Crippen LogP contribution in [-0.4, -0.2) is 38.4 Å². The number of esters is 1. The molecule has 0 aliphatic carbocycles. The molecule has 0 saturated heterocycles. The number of hydrogen-bond donors (Lipinski definition) is 1. The molecule has 0 spiro atoms. The zero-order valence-electron chi connectivity index (χ0n) is 11.7. The molecule has 0 amide bonds. The van der Waals surface area contributed by atoms with Gasteiger partial charge in [0, 0.05) is 0 Å². The maximum absolute atomic E-state index is 11.2. The lowest BCUT2D eigenvalue weighted by atomic mass is 9.96. The van der Waals surface area contributed by atoms with Crippen molar-refractivity contribution in [2.45, 2.75) is 12.8 Å². The van der Waals surface area contributed by atoms with Gasteiger partial charge in [-0.05, 0) is 24.1 Å². The van der Waals surface area contributed by atoms with Crippen LogP contribution in [0.5, 0.6) is 11.5 Å². The van der Waals surface area contributed by atoms with E-state index in [1.54, 1.807) is 18.2 Å². The van der Waals surface area contributed by atoms with Gasteiger partial charge in [0.25, 0.3) is 0 Å². The van der Waals surface area contributed by atoms with Gasteiger partial charge in [-0.25, -0.2) is 0 Å². The number of carboxylic acid groups (broad SMARTS) is 1. The van der Waals surface area contributed by atoms with Gasteiger partial charge in [-0.1, -0.05) is 6.07 Å². The van der Waals surface area contributed by atoms with Crippen molar-refractivity contribution >= 4 is 11.9 Å². The van der Waals surface area contributed by atoms with Gasteiger partial charge in [0.1, 0.15) is 0 Å². The number of aliphatic carboxylic acids is 1. The van der Waals surface area contributed by atoms with Gasteiger partial charge in [0.15, 0.2) is 11.5 Å². The predicted octanol–water partition coefficient (Wildman–Crippen LogP) is 1.51. The Bertz CT molecular complexity index is 483. The number of ether oxygens (including phenoxy) is 3. The third-order valence-electron chi connectivity index (χ3n) is 2.92. The number of carboxylic acids is 1. The topological polar surface area (TPSA) is 82.1 Å². The molecule has 0 bridgehead atoms. The van der Waals surface area contributed by atoms with Crippen LogP contribution in [0.25, 0.3) is 0 Å². The van der Waals surface area contributed by atoms with Crippen molar-refractivity contribution in [2.24, 2.45) is 5.92 Å². The molecule has 0 heterocycles. The van der Waals surface area contributed by atoms with Crippen molar-refractivity contribution in [1.82, 2.24) is 0 Å². The number of rotatable bonds is 7. The van der Waals surface area contributed by atoms with Crippen molar-refractivity contribution in [1.29, 1.82) is 0 Å². The van der Waals surface area contributed by atoms with Gasteiger partial charge >= 0.3 is 11.9 Å². The fourth-order valence-corrected chi connectivity index (χ4v) is 1.82. The average molecular weight is 282 g/mol. The molecule has 0 radical (unpaired) electrons. The van der Waals surface area contributed by atoms with Crippen LogP contribution in [0.2, 0.25) is 0 Å². The molecular formula is C14H18O6. The highest BCUT2D eigenvalue weighted by molar-refractivity contribution is 5.79. The molecule has 1 rings (SSSR count). The zero-order valence-corrected chi connectivity index (χ0v) is 11.7. The normalized spacial score (nSPS) is 11.6. The monoisotopic (exact) mass is 282 g/mol. The molecule has 6 heteroatoms. The van der Waals surface area contributed by atoms with E-state index >= 15 is 0 Å². The minimum atomic E-state index is -1.04. The van der Waals surface area contributed by atoms with Crippen molar-refractivity contribution in [2.75, 3.05) is 21.3 Å². The van der Waals surface area contributed by atoms with Crippen LogP contribution in [0.15, 0.2) is 18.2 Å².